The number of hydrogen-bond acceptors (Lipinski definition) is 3. The molecule has 0 aromatic rings. The molecule has 90 valence electrons. The van der Waals surface area contributed by atoms with Gasteiger partial charge in [-0.05, 0) is 19.1 Å². The molecule has 0 aromatic carbocycles. The highest BCUT2D eigenvalue weighted by atomic mass is 32.2. The summed E-state index contributed by atoms with van der Waals surface area (Å²) < 4.78 is 0. The van der Waals surface area contributed by atoms with Gasteiger partial charge >= 0.3 is 0 Å². The van der Waals surface area contributed by atoms with Crippen molar-refractivity contribution < 1.29 is 4.79 Å². The van der Waals surface area contributed by atoms with Crippen molar-refractivity contribution >= 4 is 17.7 Å². The fourth-order valence-corrected chi connectivity index (χ4v) is 2.01. The van der Waals surface area contributed by atoms with E-state index < -0.39 is 0 Å². The van der Waals surface area contributed by atoms with Crippen LogP contribution < -0.4 is 5.73 Å². The Kier molecular flexibility index (Phi) is 7.02. The van der Waals surface area contributed by atoms with Crippen molar-refractivity contribution in [3.63, 3.8) is 0 Å². The highest BCUT2D eigenvalue weighted by Crippen LogP contribution is 2.11. The van der Waals surface area contributed by atoms with E-state index in [1.54, 1.807) is 16.7 Å². The Balaban J connectivity index is 4.30. The van der Waals surface area contributed by atoms with Crippen LogP contribution in [0.3, 0.4) is 0 Å². The van der Waals surface area contributed by atoms with Crippen LogP contribution in [-0.4, -0.2) is 41.9 Å². The van der Waals surface area contributed by atoms with Gasteiger partial charge in [-0.15, -0.1) is 0 Å². The lowest BCUT2D eigenvalue weighted by atomic mass is 9.99. The zero-order valence-electron chi connectivity index (χ0n) is 10.5. The zero-order chi connectivity index (χ0) is 12.0. The Morgan fingerprint density at radius 2 is 2.00 bits per heavy atom. The summed E-state index contributed by atoms with van der Waals surface area (Å²) in [6.45, 7) is 6.14. The highest BCUT2D eigenvalue weighted by molar-refractivity contribution is 7.98. The van der Waals surface area contributed by atoms with Crippen molar-refractivity contribution in [2.45, 2.75) is 39.3 Å². The Hall–Kier alpha value is -0.220. The van der Waals surface area contributed by atoms with Gasteiger partial charge in [-0.1, -0.05) is 20.3 Å². The van der Waals surface area contributed by atoms with Crippen molar-refractivity contribution in [3.8, 4) is 0 Å². The van der Waals surface area contributed by atoms with E-state index in [4.69, 9.17) is 5.73 Å². The number of hydrogen-bond donors (Lipinski definition) is 1. The fraction of sp³-hybridized carbons (Fsp3) is 0.909. The summed E-state index contributed by atoms with van der Waals surface area (Å²) in [6, 6.07) is -0.105. The van der Waals surface area contributed by atoms with Gasteiger partial charge < -0.3 is 10.6 Å². The maximum absolute atomic E-state index is 12.0. The Labute approximate surface area is 97.8 Å². The molecule has 1 amide bonds. The van der Waals surface area contributed by atoms with E-state index in [9.17, 15) is 4.79 Å². The minimum atomic E-state index is -0.357. The molecule has 0 bridgehead atoms. The summed E-state index contributed by atoms with van der Waals surface area (Å²) in [4.78, 5) is 13.7. The van der Waals surface area contributed by atoms with Crippen LogP contribution in [0.1, 0.15) is 27.2 Å². The van der Waals surface area contributed by atoms with Gasteiger partial charge in [-0.3, -0.25) is 4.79 Å². The molecule has 0 aliphatic rings. The third-order valence-corrected chi connectivity index (χ3v) is 3.77. The van der Waals surface area contributed by atoms with E-state index in [0.29, 0.717) is 0 Å². The van der Waals surface area contributed by atoms with Crippen molar-refractivity contribution in [1.82, 2.24) is 4.90 Å². The van der Waals surface area contributed by atoms with Crippen LogP contribution in [0, 0.1) is 5.92 Å². The van der Waals surface area contributed by atoms with Gasteiger partial charge in [-0.2, -0.15) is 11.8 Å². The topological polar surface area (TPSA) is 46.3 Å². The second-order valence-electron chi connectivity index (χ2n) is 4.16. The van der Waals surface area contributed by atoms with E-state index in [2.05, 4.69) is 13.8 Å². The first-order valence-electron chi connectivity index (χ1n) is 5.46. The quantitative estimate of drug-likeness (QED) is 0.756. The summed E-state index contributed by atoms with van der Waals surface area (Å²) in [6.07, 6.45) is 2.99. The number of nitrogens with zero attached hydrogens (tertiary/aromatic N) is 1. The van der Waals surface area contributed by atoms with Crippen molar-refractivity contribution in [3.05, 3.63) is 0 Å². The summed E-state index contributed by atoms with van der Waals surface area (Å²) in [7, 11) is 1.84. The molecule has 0 saturated carbocycles. The van der Waals surface area contributed by atoms with E-state index in [1.165, 1.54) is 0 Å². The van der Waals surface area contributed by atoms with Gasteiger partial charge in [-0.25, -0.2) is 0 Å². The number of carbonyl (C=O) groups is 1. The molecule has 0 spiro atoms. The predicted molar refractivity (Wildman–Crippen MR) is 68.0 cm³/mol. The molecule has 15 heavy (non-hydrogen) atoms. The average Bonchev–Trinajstić information content (AvgIpc) is 2.25. The molecule has 3 unspecified atom stereocenters. The average molecular weight is 232 g/mol. The third-order valence-electron chi connectivity index (χ3n) is 2.96. The van der Waals surface area contributed by atoms with Crippen molar-refractivity contribution in [2.75, 3.05) is 19.1 Å². The van der Waals surface area contributed by atoms with E-state index >= 15 is 0 Å². The molecule has 4 heteroatoms. The van der Waals surface area contributed by atoms with Crippen LogP contribution in [0.25, 0.3) is 0 Å². The molecule has 0 heterocycles. The summed E-state index contributed by atoms with van der Waals surface area (Å²) in [5.74, 6) is 1.27. The first kappa shape index (κ1) is 14.8. The Morgan fingerprint density at radius 1 is 1.47 bits per heavy atom. The summed E-state index contributed by atoms with van der Waals surface area (Å²) in [5.41, 5.74) is 5.91. The fourth-order valence-electron chi connectivity index (χ4n) is 1.30. The maximum Gasteiger partial charge on any atom is 0.239 e. The van der Waals surface area contributed by atoms with Crippen LogP contribution >= 0.6 is 11.8 Å². The van der Waals surface area contributed by atoms with Gasteiger partial charge in [0, 0.05) is 18.8 Å². The minimum absolute atomic E-state index is 0.0610. The number of nitrogens with two attached hydrogens (primary N) is 1. The van der Waals surface area contributed by atoms with Crippen LogP contribution in [0.2, 0.25) is 0 Å². The number of carbonyl (C=O) groups excluding carboxylic acids is 1. The van der Waals surface area contributed by atoms with Crippen LogP contribution in [0.15, 0.2) is 0 Å². The van der Waals surface area contributed by atoms with Crippen LogP contribution in [0.5, 0.6) is 0 Å². The van der Waals surface area contributed by atoms with Gasteiger partial charge in [0.25, 0.3) is 0 Å². The monoisotopic (exact) mass is 232 g/mol. The lowest BCUT2D eigenvalue weighted by Gasteiger charge is -2.29. The molecule has 0 aromatic heterocycles. The Bertz CT molecular complexity index is 199. The van der Waals surface area contributed by atoms with Crippen LogP contribution in [0.4, 0.5) is 0 Å². The number of thioether (sulfide) groups is 1. The normalized spacial score (nSPS) is 16.9. The van der Waals surface area contributed by atoms with Gasteiger partial charge in [0.15, 0.2) is 0 Å². The molecular weight excluding hydrogens is 208 g/mol. The lowest BCUT2D eigenvalue weighted by Crippen LogP contribution is -2.49. The highest BCUT2D eigenvalue weighted by Gasteiger charge is 2.25. The lowest BCUT2D eigenvalue weighted by molar-refractivity contribution is -0.133. The largest absolute Gasteiger partial charge is 0.341 e. The Morgan fingerprint density at radius 3 is 2.40 bits per heavy atom. The SMILES string of the molecule is CCC(C)C(N)C(=O)N(C)C(C)CSC. The predicted octanol–water partition coefficient (Wildman–Crippen LogP) is 1.57. The smallest absolute Gasteiger partial charge is 0.239 e. The van der Waals surface area contributed by atoms with Gasteiger partial charge in [0.2, 0.25) is 5.91 Å². The van der Waals surface area contributed by atoms with E-state index in [0.717, 1.165) is 12.2 Å². The molecule has 3 atom stereocenters. The molecule has 0 saturated heterocycles. The van der Waals surface area contributed by atoms with Gasteiger partial charge in [0.1, 0.15) is 0 Å². The molecule has 0 fully saturated rings. The van der Waals surface area contributed by atoms with Crippen molar-refractivity contribution in [2.24, 2.45) is 11.7 Å². The number of rotatable bonds is 6. The minimum Gasteiger partial charge on any atom is -0.341 e. The first-order chi connectivity index (χ1) is 6.95. The number of likely N-dealkylation sites (N-methyl/N-ethyl adjacent to an activating group) is 1. The van der Waals surface area contributed by atoms with E-state index in [-0.39, 0.29) is 23.9 Å². The molecule has 3 nitrogen and oxygen atoms in total. The van der Waals surface area contributed by atoms with E-state index in [1.807, 2.05) is 20.2 Å². The maximum atomic E-state index is 12.0. The second-order valence-corrected chi connectivity index (χ2v) is 5.08. The molecule has 0 aliphatic heterocycles. The molecular formula is C11H24N2OS. The van der Waals surface area contributed by atoms with Crippen molar-refractivity contribution in [1.29, 1.82) is 0 Å². The third kappa shape index (κ3) is 4.43. The molecule has 0 rings (SSSR count). The summed E-state index contributed by atoms with van der Waals surface area (Å²) >= 11 is 1.75. The summed E-state index contributed by atoms with van der Waals surface area (Å²) in [5, 5.41) is 0. The first-order valence-corrected chi connectivity index (χ1v) is 6.86. The van der Waals surface area contributed by atoms with Gasteiger partial charge in [0.05, 0.1) is 6.04 Å². The molecule has 0 radical (unpaired) electrons. The standard InChI is InChI=1S/C11H24N2OS/c1-6-8(2)10(12)11(14)13(4)9(3)7-15-5/h8-10H,6-7,12H2,1-5H3. The molecule has 0 aliphatic carbocycles. The number of amides is 1. The molecule has 2 N–H and O–H groups in total. The zero-order valence-corrected chi connectivity index (χ0v) is 11.3. The second kappa shape index (κ2) is 7.12. The van der Waals surface area contributed by atoms with Crippen LogP contribution in [-0.2, 0) is 4.79 Å².